The number of aliphatic carboxylic acids is 1. The van der Waals surface area contributed by atoms with Gasteiger partial charge in [0.15, 0.2) is 0 Å². The Morgan fingerprint density at radius 1 is 1.06 bits per heavy atom. The molecule has 2 N–H and O–H groups in total. The summed E-state index contributed by atoms with van der Waals surface area (Å²) in [6, 6.07) is 10.7. The molecule has 0 aliphatic rings. The fourth-order valence-electron chi connectivity index (χ4n) is 4.14. The van der Waals surface area contributed by atoms with Crippen LogP contribution in [-0.2, 0) is 16.0 Å². The molecule has 0 spiro atoms. The monoisotopic (exact) mass is 461 g/mol. The lowest BCUT2D eigenvalue weighted by molar-refractivity contribution is -0.143. The van der Waals surface area contributed by atoms with Crippen molar-refractivity contribution in [2.75, 3.05) is 0 Å². The Hall–Kier alpha value is -3.87. The quantitative estimate of drug-likeness (QED) is 0.376. The van der Waals surface area contributed by atoms with Gasteiger partial charge in [-0.25, -0.2) is 9.59 Å². The van der Waals surface area contributed by atoms with Crippen LogP contribution >= 0.6 is 0 Å². The van der Waals surface area contributed by atoms with Gasteiger partial charge in [0.25, 0.3) is 0 Å². The Morgan fingerprint density at radius 2 is 1.76 bits per heavy atom. The Labute approximate surface area is 196 Å². The minimum atomic E-state index is -1.10. The van der Waals surface area contributed by atoms with Crippen molar-refractivity contribution < 1.29 is 23.5 Å². The molecule has 7 nitrogen and oxygen atoms in total. The molecule has 2 heterocycles. The normalized spacial score (nSPS) is 13.2. The number of amides is 1. The number of carbonyl (C=O) groups excluding carboxylic acids is 1. The van der Waals surface area contributed by atoms with E-state index in [0.717, 1.165) is 22.1 Å². The van der Waals surface area contributed by atoms with Gasteiger partial charge in [-0.2, -0.15) is 0 Å². The van der Waals surface area contributed by atoms with Crippen molar-refractivity contribution in [2.45, 2.75) is 46.6 Å². The van der Waals surface area contributed by atoms with Gasteiger partial charge in [0, 0.05) is 22.4 Å². The average Bonchev–Trinajstić information content (AvgIpc) is 3.21. The second kappa shape index (κ2) is 9.17. The van der Waals surface area contributed by atoms with Gasteiger partial charge in [0.05, 0.1) is 18.2 Å². The number of rotatable bonds is 7. The van der Waals surface area contributed by atoms with E-state index in [-0.39, 0.29) is 17.9 Å². The van der Waals surface area contributed by atoms with Gasteiger partial charge in [0.2, 0.25) is 5.91 Å². The summed E-state index contributed by atoms with van der Waals surface area (Å²) < 4.78 is 11.3. The highest BCUT2D eigenvalue weighted by Gasteiger charge is 2.26. The molecule has 0 fully saturated rings. The first-order chi connectivity index (χ1) is 16.2. The molecule has 34 heavy (non-hydrogen) atoms. The highest BCUT2D eigenvalue weighted by Crippen LogP contribution is 2.34. The summed E-state index contributed by atoms with van der Waals surface area (Å²) in [5, 5.41) is 13.6. The first-order valence-electron chi connectivity index (χ1n) is 11.3. The summed E-state index contributed by atoms with van der Waals surface area (Å²) in [7, 11) is 0. The highest BCUT2D eigenvalue weighted by molar-refractivity contribution is 6.02. The maximum atomic E-state index is 12.7. The van der Waals surface area contributed by atoms with Crippen LogP contribution in [0.2, 0.25) is 0 Å². The third kappa shape index (κ3) is 4.33. The van der Waals surface area contributed by atoms with E-state index in [2.05, 4.69) is 5.32 Å². The van der Waals surface area contributed by atoms with Crippen molar-refractivity contribution in [3.63, 3.8) is 0 Å². The largest absolute Gasteiger partial charge is 0.480 e. The fourth-order valence-corrected chi connectivity index (χ4v) is 4.14. The number of hydrogen-bond acceptors (Lipinski definition) is 5. The van der Waals surface area contributed by atoms with E-state index >= 15 is 0 Å². The molecule has 2 aromatic carbocycles. The summed E-state index contributed by atoms with van der Waals surface area (Å²) in [6.45, 7) is 7.41. The third-order valence-corrected chi connectivity index (χ3v) is 6.48. The van der Waals surface area contributed by atoms with Crippen molar-refractivity contribution in [1.82, 2.24) is 5.32 Å². The Bertz CT molecular complexity index is 1440. The van der Waals surface area contributed by atoms with Crippen molar-refractivity contribution in [2.24, 2.45) is 5.92 Å². The number of aryl methyl sites for hydroxylation is 2. The van der Waals surface area contributed by atoms with Crippen LogP contribution in [0.3, 0.4) is 0 Å². The molecule has 7 heteroatoms. The zero-order valence-electron chi connectivity index (χ0n) is 19.6. The third-order valence-electron chi connectivity index (χ3n) is 6.48. The lowest BCUT2D eigenvalue weighted by Crippen LogP contribution is -2.45. The molecule has 0 saturated heterocycles. The number of nitrogens with one attached hydrogen (secondary N) is 1. The Morgan fingerprint density at radius 3 is 2.41 bits per heavy atom. The van der Waals surface area contributed by atoms with Crippen molar-refractivity contribution in [1.29, 1.82) is 0 Å². The summed E-state index contributed by atoms with van der Waals surface area (Å²) in [6.07, 6.45) is 2.01. The predicted octanol–water partition coefficient (Wildman–Crippen LogP) is 4.98. The predicted molar refractivity (Wildman–Crippen MR) is 130 cm³/mol. The lowest BCUT2D eigenvalue weighted by atomic mass is 9.97. The molecule has 0 bridgehead atoms. The van der Waals surface area contributed by atoms with Gasteiger partial charge in [-0.1, -0.05) is 50.1 Å². The molecule has 0 radical (unpaired) electrons. The minimum Gasteiger partial charge on any atom is -0.480 e. The molecule has 4 rings (SSSR count). The van der Waals surface area contributed by atoms with Crippen LogP contribution in [-0.4, -0.2) is 23.0 Å². The lowest BCUT2D eigenvalue weighted by Gasteiger charge is -2.20. The van der Waals surface area contributed by atoms with Crippen LogP contribution in [0.4, 0.5) is 0 Å². The summed E-state index contributed by atoms with van der Waals surface area (Å²) in [5.74, 6) is -1.88. The van der Waals surface area contributed by atoms with Gasteiger partial charge < -0.3 is 19.3 Å². The molecule has 1 amide bonds. The van der Waals surface area contributed by atoms with Crippen LogP contribution in [0.25, 0.3) is 33.1 Å². The molecular weight excluding hydrogens is 434 g/mol. The van der Waals surface area contributed by atoms with Crippen LogP contribution in [0.5, 0.6) is 0 Å². The van der Waals surface area contributed by atoms with Gasteiger partial charge in [-0.3, -0.25) is 4.79 Å². The van der Waals surface area contributed by atoms with Crippen LogP contribution in [0, 0.1) is 19.8 Å². The van der Waals surface area contributed by atoms with E-state index in [1.54, 1.807) is 26.2 Å². The van der Waals surface area contributed by atoms with Crippen molar-refractivity contribution >= 4 is 33.8 Å². The maximum absolute atomic E-state index is 12.7. The summed E-state index contributed by atoms with van der Waals surface area (Å²) in [4.78, 5) is 36.9. The molecule has 0 aliphatic carbocycles. The first-order valence-corrected chi connectivity index (χ1v) is 11.3. The molecule has 2 aromatic heterocycles. The van der Waals surface area contributed by atoms with Gasteiger partial charge in [0.1, 0.15) is 17.2 Å². The van der Waals surface area contributed by atoms with Crippen molar-refractivity contribution in [3.05, 3.63) is 69.8 Å². The fraction of sp³-hybridized carbons (Fsp3) is 0.296. The number of fused-ring (bicyclic) bond motifs is 2. The first kappa shape index (κ1) is 23.3. The number of carbonyl (C=O) groups is 2. The molecule has 4 aromatic rings. The van der Waals surface area contributed by atoms with E-state index in [1.807, 2.05) is 44.2 Å². The van der Waals surface area contributed by atoms with Crippen LogP contribution in [0.1, 0.15) is 37.0 Å². The SMILES string of the molecule is CC[C@H](C)[C@H](NC(=O)Cc1c(C)c2cc3c(-c4ccc(C)cc4)coc3cc2oc1=O)C(=O)O. The Kier molecular flexibility index (Phi) is 6.28. The van der Waals surface area contributed by atoms with Crippen molar-refractivity contribution in [3.8, 4) is 11.1 Å². The van der Waals surface area contributed by atoms with E-state index in [9.17, 15) is 19.5 Å². The number of hydrogen-bond donors (Lipinski definition) is 2. The maximum Gasteiger partial charge on any atom is 0.340 e. The second-order valence-corrected chi connectivity index (χ2v) is 8.80. The van der Waals surface area contributed by atoms with Gasteiger partial charge in [-0.15, -0.1) is 0 Å². The van der Waals surface area contributed by atoms with E-state index in [0.29, 0.717) is 28.5 Å². The summed E-state index contributed by atoms with van der Waals surface area (Å²) in [5.41, 5.74) is 4.23. The second-order valence-electron chi connectivity index (χ2n) is 8.80. The molecular formula is C27H27NO6. The zero-order chi connectivity index (χ0) is 24.6. The highest BCUT2D eigenvalue weighted by atomic mass is 16.4. The zero-order valence-corrected chi connectivity index (χ0v) is 19.6. The summed E-state index contributed by atoms with van der Waals surface area (Å²) >= 11 is 0. The number of carboxylic acid groups (broad SMARTS) is 1. The van der Waals surface area contributed by atoms with E-state index in [4.69, 9.17) is 8.83 Å². The standard InChI is InChI=1S/C27H27NO6/c1-5-15(3)25(26(30)31)28-24(29)11-19-16(4)18-10-20-21(17-8-6-14(2)7-9-17)13-33-22(20)12-23(18)34-27(19)32/h6-10,12-13,15,25H,5,11H2,1-4H3,(H,28,29)(H,30,31)/t15-,25-/m0/s1. The Balaban J connectivity index is 1.74. The average molecular weight is 462 g/mol. The van der Waals surface area contributed by atoms with Crippen LogP contribution in [0.15, 0.2) is 56.3 Å². The smallest absolute Gasteiger partial charge is 0.340 e. The minimum absolute atomic E-state index is 0.207. The molecule has 0 unspecified atom stereocenters. The number of furan rings is 1. The molecule has 2 atom stereocenters. The topological polar surface area (TPSA) is 110 Å². The molecule has 0 saturated carbocycles. The van der Waals surface area contributed by atoms with Gasteiger partial charge in [-0.05, 0) is 37.0 Å². The number of benzene rings is 2. The van der Waals surface area contributed by atoms with Gasteiger partial charge >= 0.3 is 11.6 Å². The van der Waals surface area contributed by atoms with Crippen LogP contribution < -0.4 is 10.9 Å². The van der Waals surface area contributed by atoms with E-state index in [1.165, 1.54) is 0 Å². The number of carboxylic acids is 1. The van der Waals surface area contributed by atoms with E-state index < -0.39 is 23.5 Å². The molecule has 176 valence electrons. The molecule has 0 aliphatic heterocycles.